The lowest BCUT2D eigenvalue weighted by Crippen LogP contribution is -2.34. The second-order valence-electron chi connectivity index (χ2n) is 4.20. The molecule has 0 fully saturated rings. The van der Waals surface area contributed by atoms with Crippen LogP contribution in [0.1, 0.15) is 47.5 Å². The molecule has 0 rings (SSSR count). The van der Waals surface area contributed by atoms with Crippen LogP contribution >= 0.6 is 0 Å². The molecular formula is C9H19F. The van der Waals surface area contributed by atoms with Gasteiger partial charge in [0.15, 0.2) is 0 Å². The molecule has 0 saturated carbocycles. The van der Waals surface area contributed by atoms with Gasteiger partial charge in [0.1, 0.15) is 5.67 Å². The van der Waals surface area contributed by atoms with Crippen molar-refractivity contribution in [1.29, 1.82) is 0 Å². The molecule has 0 bridgehead atoms. The third-order valence-corrected chi connectivity index (χ3v) is 2.28. The lowest BCUT2D eigenvalue weighted by molar-refractivity contribution is 0.0388. The fourth-order valence-electron chi connectivity index (χ4n) is 0.844. The van der Waals surface area contributed by atoms with E-state index in [0.29, 0.717) is 6.42 Å². The van der Waals surface area contributed by atoms with Gasteiger partial charge in [-0.15, -0.1) is 0 Å². The second kappa shape index (κ2) is 2.89. The van der Waals surface area contributed by atoms with E-state index < -0.39 is 5.67 Å². The predicted molar refractivity (Wildman–Crippen MR) is 43.9 cm³/mol. The van der Waals surface area contributed by atoms with Crippen molar-refractivity contribution in [3.63, 3.8) is 0 Å². The monoisotopic (exact) mass is 146 g/mol. The summed E-state index contributed by atoms with van der Waals surface area (Å²) in [6, 6.07) is 0. The maximum absolute atomic E-state index is 13.6. The van der Waals surface area contributed by atoms with Crippen LogP contribution < -0.4 is 0 Å². The first-order valence-corrected chi connectivity index (χ1v) is 4.00. The van der Waals surface area contributed by atoms with Crippen LogP contribution in [0.3, 0.4) is 0 Å². The quantitative estimate of drug-likeness (QED) is 0.558. The van der Waals surface area contributed by atoms with Gasteiger partial charge < -0.3 is 0 Å². The zero-order valence-electron chi connectivity index (χ0n) is 7.79. The summed E-state index contributed by atoms with van der Waals surface area (Å²) in [6.07, 6.45) is 1.58. The highest BCUT2D eigenvalue weighted by Crippen LogP contribution is 2.37. The van der Waals surface area contributed by atoms with Gasteiger partial charge in [-0.05, 0) is 18.8 Å². The minimum Gasteiger partial charge on any atom is -0.244 e. The van der Waals surface area contributed by atoms with E-state index in [1.165, 1.54) is 0 Å². The van der Waals surface area contributed by atoms with Crippen molar-refractivity contribution in [2.75, 3.05) is 0 Å². The molecular weight excluding hydrogens is 127 g/mol. The molecule has 0 aromatic rings. The molecule has 0 nitrogen and oxygen atoms in total. The summed E-state index contributed by atoms with van der Waals surface area (Å²) in [5.41, 5.74) is -1.23. The number of alkyl halides is 1. The van der Waals surface area contributed by atoms with Crippen LogP contribution in [-0.2, 0) is 0 Å². The van der Waals surface area contributed by atoms with Crippen molar-refractivity contribution in [1.82, 2.24) is 0 Å². The smallest absolute Gasteiger partial charge is 0.113 e. The van der Waals surface area contributed by atoms with E-state index in [1.54, 1.807) is 6.92 Å². The molecule has 0 heterocycles. The van der Waals surface area contributed by atoms with Crippen molar-refractivity contribution < 1.29 is 4.39 Å². The molecule has 1 unspecified atom stereocenters. The van der Waals surface area contributed by atoms with Gasteiger partial charge in [0, 0.05) is 0 Å². The lowest BCUT2D eigenvalue weighted by Gasteiger charge is -2.34. The Bertz CT molecular complexity index is 97.8. The second-order valence-corrected chi connectivity index (χ2v) is 4.20. The fraction of sp³-hybridized carbons (Fsp3) is 1.00. The Labute approximate surface area is 63.8 Å². The highest BCUT2D eigenvalue weighted by atomic mass is 19.1. The van der Waals surface area contributed by atoms with E-state index in [0.717, 1.165) is 6.42 Å². The molecule has 0 aromatic heterocycles. The summed E-state index contributed by atoms with van der Waals surface area (Å²) >= 11 is 0. The maximum Gasteiger partial charge on any atom is 0.113 e. The number of hydrogen-bond donors (Lipinski definition) is 0. The van der Waals surface area contributed by atoms with Gasteiger partial charge >= 0.3 is 0 Å². The summed E-state index contributed by atoms with van der Waals surface area (Å²) in [6.45, 7) is 9.55. The molecule has 1 atom stereocenters. The van der Waals surface area contributed by atoms with E-state index in [-0.39, 0.29) is 5.41 Å². The zero-order valence-corrected chi connectivity index (χ0v) is 7.79. The molecule has 0 amide bonds. The summed E-state index contributed by atoms with van der Waals surface area (Å²) in [4.78, 5) is 0. The molecule has 0 aliphatic heterocycles. The zero-order chi connectivity index (χ0) is 8.41. The topological polar surface area (TPSA) is 0 Å². The summed E-state index contributed by atoms with van der Waals surface area (Å²) in [7, 11) is 0. The lowest BCUT2D eigenvalue weighted by atomic mass is 9.77. The predicted octanol–water partition coefficient (Wildman–Crippen LogP) is 3.56. The number of hydrogen-bond acceptors (Lipinski definition) is 0. The van der Waals surface area contributed by atoms with Crippen LogP contribution in [0.5, 0.6) is 0 Å². The van der Waals surface area contributed by atoms with Crippen LogP contribution in [0.2, 0.25) is 0 Å². The van der Waals surface area contributed by atoms with Crippen LogP contribution in [0.25, 0.3) is 0 Å². The fourth-order valence-corrected chi connectivity index (χ4v) is 0.844. The Kier molecular flexibility index (Phi) is 2.87. The molecule has 0 aromatic carbocycles. The van der Waals surface area contributed by atoms with E-state index >= 15 is 0 Å². The van der Waals surface area contributed by atoms with Crippen molar-refractivity contribution in [3.05, 3.63) is 0 Å². The molecule has 1 heteroatoms. The third kappa shape index (κ3) is 2.28. The standard InChI is InChI=1S/C9H19F/c1-6-7-9(5,10)8(2,3)4/h6-7H2,1-5H3. The third-order valence-electron chi connectivity index (χ3n) is 2.28. The summed E-state index contributed by atoms with van der Waals surface area (Å²) in [5.74, 6) is 0. The van der Waals surface area contributed by atoms with Crippen molar-refractivity contribution in [3.8, 4) is 0 Å². The normalized spacial score (nSPS) is 18.6. The van der Waals surface area contributed by atoms with Gasteiger partial charge in [-0.1, -0.05) is 34.1 Å². The molecule has 0 saturated heterocycles. The Morgan fingerprint density at radius 3 is 1.60 bits per heavy atom. The first kappa shape index (κ1) is 9.93. The molecule has 0 spiro atoms. The molecule has 0 aliphatic rings. The van der Waals surface area contributed by atoms with Gasteiger partial charge in [-0.2, -0.15) is 0 Å². The van der Waals surface area contributed by atoms with Crippen LogP contribution in [0.15, 0.2) is 0 Å². The Morgan fingerprint density at radius 1 is 1.10 bits per heavy atom. The van der Waals surface area contributed by atoms with Gasteiger partial charge in [0.25, 0.3) is 0 Å². The minimum atomic E-state index is -1.01. The molecule has 0 radical (unpaired) electrons. The summed E-state index contributed by atoms with van der Waals surface area (Å²) < 4.78 is 13.6. The van der Waals surface area contributed by atoms with Crippen LogP contribution in [0, 0.1) is 5.41 Å². The number of rotatable bonds is 2. The number of halogens is 1. The van der Waals surface area contributed by atoms with E-state index in [4.69, 9.17) is 0 Å². The van der Waals surface area contributed by atoms with E-state index in [1.807, 2.05) is 27.7 Å². The van der Waals surface area contributed by atoms with Crippen molar-refractivity contribution in [2.45, 2.75) is 53.1 Å². The van der Waals surface area contributed by atoms with E-state index in [2.05, 4.69) is 0 Å². The SMILES string of the molecule is CCCC(C)(F)C(C)(C)C. The first-order valence-electron chi connectivity index (χ1n) is 4.00. The molecule has 0 aliphatic carbocycles. The average Bonchev–Trinajstić information content (AvgIpc) is 1.61. The van der Waals surface area contributed by atoms with Gasteiger partial charge in [-0.25, -0.2) is 4.39 Å². The molecule has 0 N–H and O–H groups in total. The summed E-state index contributed by atoms with van der Waals surface area (Å²) in [5, 5.41) is 0. The molecule has 62 valence electrons. The van der Waals surface area contributed by atoms with Crippen molar-refractivity contribution >= 4 is 0 Å². The van der Waals surface area contributed by atoms with E-state index in [9.17, 15) is 4.39 Å². The largest absolute Gasteiger partial charge is 0.244 e. The Balaban J connectivity index is 4.10. The van der Waals surface area contributed by atoms with Gasteiger partial charge in [-0.3, -0.25) is 0 Å². The highest BCUT2D eigenvalue weighted by Gasteiger charge is 2.36. The van der Waals surface area contributed by atoms with Crippen LogP contribution in [-0.4, -0.2) is 5.67 Å². The van der Waals surface area contributed by atoms with Gasteiger partial charge in [0.2, 0.25) is 0 Å². The minimum absolute atomic E-state index is 0.219. The Hall–Kier alpha value is -0.0700. The van der Waals surface area contributed by atoms with Crippen molar-refractivity contribution in [2.24, 2.45) is 5.41 Å². The maximum atomic E-state index is 13.6. The van der Waals surface area contributed by atoms with Gasteiger partial charge in [0.05, 0.1) is 0 Å². The van der Waals surface area contributed by atoms with Crippen LogP contribution in [0.4, 0.5) is 4.39 Å². The average molecular weight is 146 g/mol. The Morgan fingerprint density at radius 2 is 1.50 bits per heavy atom. The molecule has 10 heavy (non-hydrogen) atoms. The first-order chi connectivity index (χ1) is 4.31. The highest BCUT2D eigenvalue weighted by molar-refractivity contribution is 4.85.